The lowest BCUT2D eigenvalue weighted by Gasteiger charge is -2.31. The Bertz CT molecular complexity index is 859. The second-order valence-corrected chi connectivity index (χ2v) is 8.04. The molecule has 0 saturated carbocycles. The number of ketones is 1. The van der Waals surface area contributed by atoms with E-state index in [9.17, 15) is 9.59 Å². The van der Waals surface area contributed by atoms with Gasteiger partial charge in [0.2, 0.25) is 5.91 Å². The molecule has 154 valence electrons. The summed E-state index contributed by atoms with van der Waals surface area (Å²) in [7, 11) is 0. The Hall–Kier alpha value is -2.04. The number of carbonyl (C=O) groups is 2. The van der Waals surface area contributed by atoms with Crippen molar-refractivity contribution in [2.24, 2.45) is 5.92 Å². The third-order valence-electron chi connectivity index (χ3n) is 5.28. The molecule has 0 aliphatic carbocycles. The third kappa shape index (κ3) is 5.74. The Labute approximate surface area is 181 Å². The molecule has 1 aliphatic heterocycles. The molecule has 0 spiro atoms. The van der Waals surface area contributed by atoms with Gasteiger partial charge in [0.25, 0.3) is 0 Å². The molecule has 2 aromatic rings. The summed E-state index contributed by atoms with van der Waals surface area (Å²) in [6.45, 7) is 3.81. The van der Waals surface area contributed by atoms with Gasteiger partial charge in [0.1, 0.15) is 5.75 Å². The van der Waals surface area contributed by atoms with Crippen LogP contribution >= 0.6 is 23.2 Å². The normalized spacial score (nSPS) is 14.7. The van der Waals surface area contributed by atoms with E-state index in [1.54, 1.807) is 18.2 Å². The summed E-state index contributed by atoms with van der Waals surface area (Å²) in [4.78, 5) is 27.1. The molecule has 0 aromatic heterocycles. The van der Waals surface area contributed by atoms with Crippen LogP contribution in [0.15, 0.2) is 42.5 Å². The van der Waals surface area contributed by atoms with Crippen molar-refractivity contribution in [3.05, 3.63) is 63.6 Å². The van der Waals surface area contributed by atoms with E-state index in [1.807, 2.05) is 36.1 Å². The van der Waals surface area contributed by atoms with E-state index < -0.39 is 0 Å². The monoisotopic (exact) mass is 433 g/mol. The first kappa shape index (κ1) is 21.7. The summed E-state index contributed by atoms with van der Waals surface area (Å²) < 4.78 is 5.44. The maximum atomic E-state index is 12.7. The summed E-state index contributed by atoms with van der Waals surface area (Å²) in [6.07, 6.45) is 2.52. The van der Waals surface area contributed by atoms with E-state index in [0.717, 1.165) is 11.3 Å². The Morgan fingerprint density at radius 3 is 2.34 bits per heavy atom. The lowest BCUT2D eigenvalue weighted by molar-refractivity contribution is -0.132. The Morgan fingerprint density at radius 2 is 1.72 bits per heavy atom. The Kier molecular flexibility index (Phi) is 7.57. The summed E-state index contributed by atoms with van der Waals surface area (Å²) in [6, 6.07) is 12.9. The maximum Gasteiger partial charge on any atom is 0.222 e. The number of ether oxygens (including phenoxy) is 1. The van der Waals surface area contributed by atoms with Gasteiger partial charge in [0.05, 0.1) is 16.7 Å². The number of halogens is 2. The maximum absolute atomic E-state index is 12.7. The van der Waals surface area contributed by atoms with E-state index in [1.165, 1.54) is 0 Å². The van der Waals surface area contributed by atoms with Gasteiger partial charge in [-0.2, -0.15) is 0 Å². The molecule has 0 N–H and O–H groups in total. The third-order valence-corrected chi connectivity index (χ3v) is 6.02. The van der Waals surface area contributed by atoms with Crippen LogP contribution in [0.5, 0.6) is 5.75 Å². The average molecular weight is 434 g/mol. The number of rotatable bonds is 7. The minimum atomic E-state index is -0.0811. The Morgan fingerprint density at radius 1 is 1.03 bits per heavy atom. The summed E-state index contributed by atoms with van der Waals surface area (Å²) in [5, 5.41) is 0.829. The number of benzene rings is 2. The topological polar surface area (TPSA) is 46.6 Å². The van der Waals surface area contributed by atoms with Gasteiger partial charge in [-0.1, -0.05) is 35.3 Å². The smallest absolute Gasteiger partial charge is 0.222 e. The van der Waals surface area contributed by atoms with Gasteiger partial charge in [-0.15, -0.1) is 0 Å². The van der Waals surface area contributed by atoms with Gasteiger partial charge in [-0.3, -0.25) is 9.59 Å². The highest BCUT2D eigenvalue weighted by Gasteiger charge is 2.28. The molecule has 1 fully saturated rings. The first-order valence-electron chi connectivity index (χ1n) is 9.96. The number of likely N-dealkylation sites (tertiary alicyclic amines) is 1. The fraction of sp³-hybridized carbons (Fsp3) is 0.391. The highest BCUT2D eigenvalue weighted by Crippen LogP contribution is 2.27. The second-order valence-electron chi connectivity index (χ2n) is 7.23. The number of carbonyl (C=O) groups excluding carboxylic acids is 2. The molecule has 4 nitrogen and oxygen atoms in total. The van der Waals surface area contributed by atoms with Crippen LogP contribution in [-0.2, 0) is 11.2 Å². The molecule has 0 radical (unpaired) electrons. The zero-order valence-electron chi connectivity index (χ0n) is 16.5. The van der Waals surface area contributed by atoms with Gasteiger partial charge >= 0.3 is 0 Å². The van der Waals surface area contributed by atoms with E-state index in [-0.39, 0.29) is 17.6 Å². The van der Waals surface area contributed by atoms with Crippen molar-refractivity contribution < 1.29 is 14.3 Å². The number of Topliss-reactive ketones (excluding diaryl/α,β-unsaturated/α-hetero) is 1. The van der Waals surface area contributed by atoms with Crippen LogP contribution in [0, 0.1) is 5.92 Å². The average Bonchev–Trinajstić information content (AvgIpc) is 2.75. The van der Waals surface area contributed by atoms with Gasteiger partial charge in [0.15, 0.2) is 5.78 Å². The van der Waals surface area contributed by atoms with Crippen LogP contribution in [0.1, 0.15) is 42.1 Å². The number of amides is 1. The summed E-state index contributed by atoms with van der Waals surface area (Å²) in [5.41, 5.74) is 1.70. The number of hydrogen-bond donors (Lipinski definition) is 0. The molecule has 6 heteroatoms. The summed E-state index contributed by atoms with van der Waals surface area (Å²) in [5.74, 6) is 0.975. The molecular formula is C23H25Cl2NO3. The highest BCUT2D eigenvalue weighted by molar-refractivity contribution is 6.42. The molecule has 1 heterocycles. The SMILES string of the molecule is CCOc1ccc(CCC(=O)N2CCC(C(=O)c3ccc(Cl)c(Cl)c3)CC2)cc1. The van der Waals surface area contributed by atoms with E-state index in [0.29, 0.717) is 61.0 Å². The fourth-order valence-electron chi connectivity index (χ4n) is 3.60. The molecule has 0 unspecified atom stereocenters. The zero-order chi connectivity index (χ0) is 20.8. The van der Waals surface area contributed by atoms with Gasteiger partial charge in [-0.25, -0.2) is 0 Å². The van der Waals surface area contributed by atoms with Crippen molar-refractivity contribution in [3.63, 3.8) is 0 Å². The van der Waals surface area contributed by atoms with Gasteiger partial charge in [-0.05, 0) is 62.1 Å². The largest absolute Gasteiger partial charge is 0.494 e. The second kappa shape index (κ2) is 10.1. The van der Waals surface area contributed by atoms with E-state index >= 15 is 0 Å². The number of piperidine rings is 1. The minimum absolute atomic E-state index is 0.0741. The first-order valence-corrected chi connectivity index (χ1v) is 10.7. The number of hydrogen-bond acceptors (Lipinski definition) is 3. The van der Waals surface area contributed by atoms with Crippen LogP contribution in [0.2, 0.25) is 10.0 Å². The molecule has 29 heavy (non-hydrogen) atoms. The number of aryl methyl sites for hydroxylation is 1. The van der Waals surface area contributed by atoms with Crippen molar-refractivity contribution in [1.29, 1.82) is 0 Å². The highest BCUT2D eigenvalue weighted by atomic mass is 35.5. The standard InChI is InChI=1S/C23H25Cl2NO3/c1-2-29-19-7-3-16(4-8-19)5-10-22(27)26-13-11-17(12-14-26)23(28)18-6-9-20(24)21(25)15-18/h3-4,6-9,15,17H,2,5,10-14H2,1H3. The van der Waals surface area contributed by atoms with Crippen LogP contribution in [0.3, 0.4) is 0 Å². The van der Waals surface area contributed by atoms with E-state index in [4.69, 9.17) is 27.9 Å². The lowest BCUT2D eigenvalue weighted by Crippen LogP contribution is -2.40. The molecule has 2 aromatic carbocycles. The number of nitrogens with zero attached hydrogens (tertiary/aromatic N) is 1. The predicted molar refractivity (Wildman–Crippen MR) is 116 cm³/mol. The van der Waals surface area contributed by atoms with Crippen molar-refractivity contribution >= 4 is 34.9 Å². The van der Waals surface area contributed by atoms with Crippen molar-refractivity contribution in [2.75, 3.05) is 19.7 Å². The first-order chi connectivity index (χ1) is 14.0. The molecular weight excluding hydrogens is 409 g/mol. The minimum Gasteiger partial charge on any atom is -0.494 e. The molecule has 1 saturated heterocycles. The van der Waals surface area contributed by atoms with Crippen LogP contribution in [0.4, 0.5) is 0 Å². The van der Waals surface area contributed by atoms with Crippen LogP contribution in [0.25, 0.3) is 0 Å². The van der Waals surface area contributed by atoms with Crippen molar-refractivity contribution in [1.82, 2.24) is 4.90 Å². The molecule has 0 bridgehead atoms. The van der Waals surface area contributed by atoms with Gasteiger partial charge in [0, 0.05) is 31.0 Å². The van der Waals surface area contributed by atoms with Crippen molar-refractivity contribution in [2.45, 2.75) is 32.6 Å². The molecule has 1 amide bonds. The summed E-state index contributed by atoms with van der Waals surface area (Å²) >= 11 is 12.0. The quantitative estimate of drug-likeness (QED) is 0.545. The van der Waals surface area contributed by atoms with Crippen molar-refractivity contribution in [3.8, 4) is 5.75 Å². The molecule has 3 rings (SSSR count). The van der Waals surface area contributed by atoms with Crippen LogP contribution in [-0.4, -0.2) is 36.3 Å². The zero-order valence-corrected chi connectivity index (χ0v) is 18.0. The lowest BCUT2D eigenvalue weighted by atomic mass is 9.88. The Balaban J connectivity index is 1.47. The predicted octanol–water partition coefficient (Wildman–Crippen LogP) is 5.45. The molecule has 1 aliphatic rings. The van der Waals surface area contributed by atoms with Crippen LogP contribution < -0.4 is 4.74 Å². The fourth-order valence-corrected chi connectivity index (χ4v) is 3.90. The van der Waals surface area contributed by atoms with Gasteiger partial charge < -0.3 is 9.64 Å². The van der Waals surface area contributed by atoms with E-state index in [2.05, 4.69) is 0 Å². The molecule has 0 atom stereocenters.